The molecule has 0 spiro atoms. The van der Waals surface area contributed by atoms with E-state index in [2.05, 4.69) is 31.6 Å². The van der Waals surface area contributed by atoms with Crippen molar-refractivity contribution in [3.05, 3.63) is 34.7 Å². The van der Waals surface area contributed by atoms with Crippen LogP contribution in [0.2, 0.25) is 0 Å². The van der Waals surface area contributed by atoms with Crippen molar-refractivity contribution in [2.75, 3.05) is 20.8 Å². The van der Waals surface area contributed by atoms with E-state index in [-0.39, 0.29) is 12.1 Å². The Morgan fingerprint density at radius 1 is 1.23 bits per heavy atom. The van der Waals surface area contributed by atoms with Gasteiger partial charge in [0.1, 0.15) is 11.6 Å². The van der Waals surface area contributed by atoms with Gasteiger partial charge in [-0.1, -0.05) is 0 Å². The summed E-state index contributed by atoms with van der Waals surface area (Å²) in [4.78, 5) is 7.11. The number of hydrogen-bond donors (Lipinski definition) is 0. The zero-order valence-electron chi connectivity index (χ0n) is 16.0. The van der Waals surface area contributed by atoms with Crippen LogP contribution in [0.4, 0.5) is 0 Å². The van der Waals surface area contributed by atoms with E-state index in [0.29, 0.717) is 0 Å². The fraction of sp³-hybridized carbons (Fsp3) is 0.632. The molecule has 0 aliphatic carbocycles. The van der Waals surface area contributed by atoms with Crippen molar-refractivity contribution in [2.24, 2.45) is 0 Å². The van der Waals surface area contributed by atoms with E-state index < -0.39 is 0 Å². The topological polar surface area (TPSA) is 65.3 Å². The Balaban J connectivity index is 1.63. The van der Waals surface area contributed by atoms with Gasteiger partial charge in [0, 0.05) is 50.5 Å². The third kappa shape index (κ3) is 2.89. The third-order valence-electron chi connectivity index (χ3n) is 5.74. The van der Waals surface area contributed by atoms with Gasteiger partial charge in [-0.2, -0.15) is 0 Å². The van der Waals surface area contributed by atoms with Gasteiger partial charge in [-0.15, -0.1) is 10.2 Å². The van der Waals surface area contributed by atoms with Crippen LogP contribution in [0.15, 0.2) is 6.20 Å². The van der Waals surface area contributed by atoms with Gasteiger partial charge in [0.05, 0.1) is 24.9 Å². The fourth-order valence-electron chi connectivity index (χ4n) is 4.32. The normalized spacial score (nSPS) is 22.8. The smallest absolute Gasteiger partial charge is 0.150 e. The Kier molecular flexibility index (Phi) is 4.67. The predicted molar refractivity (Wildman–Crippen MR) is 97.2 cm³/mol. The highest BCUT2D eigenvalue weighted by molar-refractivity contribution is 5.41. The van der Waals surface area contributed by atoms with Gasteiger partial charge in [0.2, 0.25) is 0 Å². The zero-order valence-corrected chi connectivity index (χ0v) is 16.0. The predicted octanol–water partition coefficient (Wildman–Crippen LogP) is 2.21. The minimum absolute atomic E-state index is 0.210. The molecule has 1 fully saturated rings. The summed E-state index contributed by atoms with van der Waals surface area (Å²) < 4.78 is 13.5. The van der Waals surface area contributed by atoms with Crippen molar-refractivity contribution in [3.8, 4) is 5.75 Å². The van der Waals surface area contributed by atoms with E-state index >= 15 is 0 Å². The van der Waals surface area contributed by atoms with Gasteiger partial charge < -0.3 is 14.0 Å². The molecule has 7 nitrogen and oxygen atoms in total. The van der Waals surface area contributed by atoms with Crippen molar-refractivity contribution in [2.45, 2.75) is 58.3 Å². The Bertz CT molecular complexity index is 803. The van der Waals surface area contributed by atoms with Gasteiger partial charge >= 0.3 is 0 Å². The second-order valence-electron chi connectivity index (χ2n) is 7.31. The van der Waals surface area contributed by atoms with Crippen molar-refractivity contribution in [1.29, 1.82) is 0 Å². The molecule has 0 aromatic carbocycles. The molecule has 2 aromatic heterocycles. The minimum Gasteiger partial charge on any atom is -0.496 e. The lowest BCUT2D eigenvalue weighted by Gasteiger charge is -2.24. The molecule has 0 amide bonds. The first kappa shape index (κ1) is 17.4. The Labute approximate surface area is 154 Å². The molecule has 140 valence electrons. The highest BCUT2D eigenvalue weighted by atomic mass is 16.5. The second-order valence-corrected chi connectivity index (χ2v) is 7.31. The van der Waals surface area contributed by atoms with Crippen LogP contribution in [0, 0.1) is 13.8 Å². The lowest BCUT2D eigenvalue weighted by molar-refractivity contribution is 0.107. The molecule has 0 N–H and O–H groups in total. The molecule has 0 unspecified atom stereocenters. The van der Waals surface area contributed by atoms with Gasteiger partial charge in [-0.3, -0.25) is 9.88 Å². The average Bonchev–Trinajstić information content (AvgIpc) is 3.33. The maximum absolute atomic E-state index is 5.68. The molecule has 1 saturated heterocycles. The van der Waals surface area contributed by atoms with E-state index in [1.807, 2.05) is 13.1 Å². The summed E-state index contributed by atoms with van der Waals surface area (Å²) in [6.07, 6.45) is 5.24. The fourth-order valence-corrected chi connectivity index (χ4v) is 4.32. The Hall–Kier alpha value is -1.99. The molecule has 2 aliphatic heterocycles. The zero-order chi connectivity index (χ0) is 18.3. The van der Waals surface area contributed by atoms with Crippen LogP contribution in [-0.2, 0) is 24.2 Å². The average molecular weight is 357 g/mol. The van der Waals surface area contributed by atoms with Gasteiger partial charge in [0.15, 0.2) is 5.82 Å². The lowest BCUT2D eigenvalue weighted by Crippen LogP contribution is -2.27. The summed E-state index contributed by atoms with van der Waals surface area (Å²) >= 11 is 0. The molecule has 2 aromatic rings. The van der Waals surface area contributed by atoms with E-state index in [4.69, 9.17) is 9.47 Å². The number of hydrogen-bond acceptors (Lipinski definition) is 6. The van der Waals surface area contributed by atoms with Crippen LogP contribution in [0.3, 0.4) is 0 Å². The summed E-state index contributed by atoms with van der Waals surface area (Å²) in [6, 6.07) is 0.216. The Morgan fingerprint density at radius 3 is 2.85 bits per heavy atom. The maximum Gasteiger partial charge on any atom is 0.150 e. The minimum atomic E-state index is 0.210. The number of aryl methyl sites for hydroxylation is 2. The first-order chi connectivity index (χ1) is 12.6. The molecule has 0 bridgehead atoms. The van der Waals surface area contributed by atoms with Crippen molar-refractivity contribution in [1.82, 2.24) is 24.6 Å². The van der Waals surface area contributed by atoms with E-state index in [9.17, 15) is 0 Å². The number of fused-ring (bicyclic) bond motifs is 1. The van der Waals surface area contributed by atoms with Crippen LogP contribution >= 0.6 is 0 Å². The van der Waals surface area contributed by atoms with Gasteiger partial charge in [-0.25, -0.2) is 0 Å². The standard InChI is InChI=1S/C19H27N5O2/c1-12-9-20-15(13(2)18(12)26-4)11-23-10-14(25-3)8-16(23)19-22-21-17-6-5-7-24(17)19/h9,14,16H,5-8,10-11H2,1-4H3/t14-,16+/m1/s1. The van der Waals surface area contributed by atoms with Crippen molar-refractivity contribution >= 4 is 0 Å². The molecule has 4 rings (SSSR count). The number of rotatable bonds is 5. The van der Waals surface area contributed by atoms with Gasteiger partial charge in [-0.05, 0) is 26.7 Å². The molecule has 26 heavy (non-hydrogen) atoms. The van der Waals surface area contributed by atoms with Gasteiger partial charge in [0.25, 0.3) is 0 Å². The molecule has 7 heteroatoms. The summed E-state index contributed by atoms with van der Waals surface area (Å²) in [6.45, 7) is 6.77. The van der Waals surface area contributed by atoms with Crippen LogP contribution < -0.4 is 4.74 Å². The second kappa shape index (κ2) is 6.96. The highest BCUT2D eigenvalue weighted by Crippen LogP contribution is 2.36. The number of methoxy groups -OCH3 is 2. The summed E-state index contributed by atoms with van der Waals surface area (Å²) in [5.41, 5.74) is 3.23. The largest absolute Gasteiger partial charge is 0.496 e. The van der Waals surface area contributed by atoms with Crippen LogP contribution in [0.1, 0.15) is 47.4 Å². The highest BCUT2D eigenvalue weighted by Gasteiger charge is 2.38. The maximum atomic E-state index is 5.68. The first-order valence-electron chi connectivity index (χ1n) is 9.30. The molecular formula is C19H27N5O2. The summed E-state index contributed by atoms with van der Waals surface area (Å²) in [5.74, 6) is 3.12. The van der Waals surface area contributed by atoms with E-state index in [0.717, 1.165) is 73.1 Å². The molecule has 2 atom stereocenters. The molecule has 0 radical (unpaired) electrons. The van der Waals surface area contributed by atoms with E-state index in [1.165, 1.54) is 0 Å². The van der Waals surface area contributed by atoms with Crippen LogP contribution in [-0.4, -0.2) is 51.5 Å². The summed E-state index contributed by atoms with van der Waals surface area (Å²) in [7, 11) is 3.51. The van der Waals surface area contributed by atoms with Crippen LogP contribution in [0.25, 0.3) is 0 Å². The number of likely N-dealkylation sites (tertiary alicyclic amines) is 1. The monoisotopic (exact) mass is 357 g/mol. The number of aromatic nitrogens is 4. The lowest BCUT2D eigenvalue weighted by atomic mass is 10.1. The summed E-state index contributed by atoms with van der Waals surface area (Å²) in [5, 5.41) is 8.92. The molecular weight excluding hydrogens is 330 g/mol. The van der Waals surface area contributed by atoms with E-state index in [1.54, 1.807) is 14.2 Å². The van der Waals surface area contributed by atoms with Crippen LogP contribution in [0.5, 0.6) is 5.75 Å². The molecule has 4 heterocycles. The number of pyridine rings is 1. The first-order valence-corrected chi connectivity index (χ1v) is 9.30. The number of nitrogens with zero attached hydrogens (tertiary/aromatic N) is 5. The molecule has 2 aliphatic rings. The Morgan fingerprint density at radius 2 is 2.08 bits per heavy atom. The van der Waals surface area contributed by atoms with Crippen molar-refractivity contribution in [3.63, 3.8) is 0 Å². The number of ether oxygens (including phenoxy) is 2. The quantitative estimate of drug-likeness (QED) is 0.817. The van der Waals surface area contributed by atoms with Crippen molar-refractivity contribution < 1.29 is 9.47 Å². The SMILES string of the molecule is COc1c(C)cnc(CN2C[C@H](OC)C[C@H]2c2nnc3n2CCC3)c1C. The third-order valence-corrected chi connectivity index (χ3v) is 5.74. The molecule has 0 saturated carbocycles.